The number of fused-ring (bicyclic) bond motifs is 1. The monoisotopic (exact) mass is 591 g/mol. The van der Waals surface area contributed by atoms with Crippen LogP contribution in [0.4, 0.5) is 10.3 Å². The number of phosphoric ester groups is 1. The Morgan fingerprint density at radius 3 is 2.46 bits per heavy atom. The van der Waals surface area contributed by atoms with Gasteiger partial charge in [0.2, 0.25) is 5.95 Å². The van der Waals surface area contributed by atoms with E-state index in [1.54, 1.807) is 0 Å². The fraction of sp³-hybridized carbons (Fsp3) is 0.467. The van der Waals surface area contributed by atoms with Gasteiger partial charge in [0, 0.05) is 6.20 Å². The van der Waals surface area contributed by atoms with E-state index >= 15 is 0 Å². The molecule has 22 heteroatoms. The van der Waals surface area contributed by atoms with Crippen LogP contribution < -0.4 is 17.0 Å². The Hall–Kier alpha value is -2.00. The number of rotatable bonds is 8. The number of nitrogens with two attached hydrogens (primary N) is 2. The number of halogens is 1. The number of nitrogens with zero attached hydrogens (tertiary/aromatic N) is 2. The number of aromatic nitrogens is 3. The summed E-state index contributed by atoms with van der Waals surface area (Å²) in [4.78, 5) is 54.5. The van der Waals surface area contributed by atoms with E-state index in [0.717, 1.165) is 17.7 Å². The lowest BCUT2D eigenvalue weighted by atomic mass is 9.90. The number of hydrogen-bond acceptors (Lipinski definition) is 12. The van der Waals surface area contributed by atoms with E-state index in [-0.39, 0.29) is 5.65 Å². The van der Waals surface area contributed by atoms with Gasteiger partial charge in [-0.05, 0) is 13.8 Å². The molecule has 206 valence electrons. The zero-order valence-electron chi connectivity index (χ0n) is 18.7. The third-order valence-corrected chi connectivity index (χ3v) is 8.85. The number of anilines is 1. The van der Waals surface area contributed by atoms with Gasteiger partial charge in [-0.1, -0.05) is 5.92 Å². The highest BCUT2D eigenvalue weighted by atomic mass is 31.3. The van der Waals surface area contributed by atoms with Crippen LogP contribution in [-0.2, 0) is 31.6 Å². The van der Waals surface area contributed by atoms with Gasteiger partial charge >= 0.3 is 23.5 Å². The first-order valence-corrected chi connectivity index (χ1v) is 14.3. The number of aliphatic hydroxyl groups is 1. The van der Waals surface area contributed by atoms with Crippen molar-refractivity contribution in [2.24, 2.45) is 5.73 Å². The fourth-order valence-electron chi connectivity index (χ4n) is 3.65. The number of hydrogen-bond donors (Lipinski definition) is 8. The highest BCUT2D eigenvalue weighted by Crippen LogP contribution is 2.66. The van der Waals surface area contributed by atoms with Crippen LogP contribution in [0.5, 0.6) is 0 Å². The molecule has 37 heavy (non-hydrogen) atoms. The fourth-order valence-corrected chi connectivity index (χ4v) is 6.85. The topological polar surface area (TPSA) is 292 Å². The van der Waals surface area contributed by atoms with Crippen molar-refractivity contribution in [1.82, 2.24) is 14.5 Å². The Morgan fingerprint density at radius 2 is 1.89 bits per heavy atom. The lowest BCUT2D eigenvalue weighted by Crippen LogP contribution is -2.54. The van der Waals surface area contributed by atoms with Crippen molar-refractivity contribution in [3.05, 3.63) is 22.4 Å². The van der Waals surface area contributed by atoms with E-state index in [1.165, 1.54) is 6.92 Å². The molecule has 7 atom stereocenters. The summed E-state index contributed by atoms with van der Waals surface area (Å²) in [5, 5.41) is 10.4. The summed E-state index contributed by atoms with van der Waals surface area (Å²) in [5.74, 6) is 3.49. The van der Waals surface area contributed by atoms with Gasteiger partial charge in [-0.2, -0.15) is 13.6 Å². The largest absolute Gasteiger partial charge is 0.490 e. The maximum absolute atomic E-state index is 14.6. The first kappa shape index (κ1) is 29.6. The quantitative estimate of drug-likeness (QED) is 0.137. The van der Waals surface area contributed by atoms with Gasteiger partial charge in [0.15, 0.2) is 23.2 Å². The second-order valence-electron chi connectivity index (χ2n) is 7.64. The average molecular weight is 591 g/mol. The molecule has 3 unspecified atom stereocenters. The van der Waals surface area contributed by atoms with Crippen molar-refractivity contribution in [3.63, 3.8) is 0 Å². The molecule has 3 heterocycles. The SMILES string of the molecule is CC#CC1(N)[C@@H](O)[C@@H]([C@H](C)OP(=O)(O)OP(=O)(O)OP(=O)(O)O)O[C@H]1n1cc(F)c2c(=O)[nH]c(N)nc21. The predicted octanol–water partition coefficient (Wildman–Crippen LogP) is -0.843. The van der Waals surface area contributed by atoms with Crippen LogP contribution in [0.25, 0.3) is 11.0 Å². The average Bonchev–Trinajstić information content (AvgIpc) is 3.13. The number of ether oxygens (including phenoxy) is 1. The molecule has 0 spiro atoms. The van der Waals surface area contributed by atoms with Crippen LogP contribution in [0.1, 0.15) is 20.1 Å². The molecule has 2 aromatic rings. The zero-order chi connectivity index (χ0) is 28.1. The third-order valence-electron chi connectivity index (χ3n) is 4.92. The molecule has 2 aromatic heterocycles. The highest BCUT2D eigenvalue weighted by molar-refractivity contribution is 7.66. The molecule has 0 aliphatic carbocycles. The van der Waals surface area contributed by atoms with Gasteiger partial charge in [0.05, 0.1) is 6.10 Å². The molecule has 10 N–H and O–H groups in total. The summed E-state index contributed by atoms with van der Waals surface area (Å²) in [6.45, 7) is 2.38. The van der Waals surface area contributed by atoms with E-state index in [9.17, 15) is 37.8 Å². The van der Waals surface area contributed by atoms with Gasteiger partial charge in [-0.25, -0.2) is 18.1 Å². The summed E-state index contributed by atoms with van der Waals surface area (Å²) in [7, 11) is -17.1. The van der Waals surface area contributed by atoms with Gasteiger partial charge in [0.25, 0.3) is 5.56 Å². The van der Waals surface area contributed by atoms with Crippen LogP contribution in [0.2, 0.25) is 0 Å². The summed E-state index contributed by atoms with van der Waals surface area (Å²) in [6, 6.07) is 0. The highest BCUT2D eigenvalue weighted by Gasteiger charge is 2.57. The van der Waals surface area contributed by atoms with Crippen LogP contribution in [0.15, 0.2) is 11.0 Å². The lowest BCUT2D eigenvalue weighted by molar-refractivity contribution is -0.0732. The van der Waals surface area contributed by atoms with Crippen LogP contribution in [0, 0.1) is 17.7 Å². The Kier molecular flexibility index (Phi) is 7.95. The predicted molar refractivity (Wildman–Crippen MR) is 119 cm³/mol. The minimum absolute atomic E-state index is 0.343. The first-order chi connectivity index (χ1) is 16.8. The minimum Gasteiger partial charge on any atom is -0.387 e. The molecule has 1 aliphatic rings. The second-order valence-corrected chi connectivity index (χ2v) is 12.0. The molecule has 1 fully saturated rings. The number of nitrogens with one attached hydrogen (secondary N) is 1. The van der Waals surface area contributed by atoms with Crippen molar-refractivity contribution in [2.75, 3.05) is 5.73 Å². The second kappa shape index (κ2) is 9.95. The molecule has 0 bridgehead atoms. The standard InChI is InChI=1S/C15H21FN5O13P3/c1-3-4-15(18)10(22)9(6(2)32-36(27,28)34-37(29,30)33-35(24,25)26)31-13(15)21-5-7(16)8-11(21)19-14(17)20-12(8)23/h5-6,9-10,13,22H,18H2,1-2H3,(H,27,28)(H,29,30)(H2,24,25,26)(H3,17,19,20,23)/t6-,9+,10-,13+,15?/m0/s1. The van der Waals surface area contributed by atoms with Gasteiger partial charge in [-0.15, -0.1) is 5.92 Å². The van der Waals surface area contributed by atoms with Crippen LogP contribution in [-0.4, -0.2) is 63.1 Å². The molecular weight excluding hydrogens is 570 g/mol. The van der Waals surface area contributed by atoms with Crippen molar-refractivity contribution >= 4 is 40.4 Å². The van der Waals surface area contributed by atoms with E-state index in [1.807, 2.05) is 0 Å². The van der Waals surface area contributed by atoms with Crippen LogP contribution >= 0.6 is 23.5 Å². The van der Waals surface area contributed by atoms with Crippen molar-refractivity contribution in [1.29, 1.82) is 0 Å². The molecule has 0 radical (unpaired) electrons. The number of phosphoric acid groups is 3. The third kappa shape index (κ3) is 6.19. The molecule has 0 aromatic carbocycles. The normalized spacial score (nSPS) is 28.3. The maximum atomic E-state index is 14.6. The summed E-state index contributed by atoms with van der Waals surface area (Å²) in [5.41, 5.74) is 8.47. The van der Waals surface area contributed by atoms with E-state index in [2.05, 4.69) is 30.4 Å². The number of aliphatic hydroxyl groups excluding tert-OH is 1. The van der Waals surface area contributed by atoms with Crippen molar-refractivity contribution in [2.45, 2.75) is 43.9 Å². The molecule has 1 aliphatic heterocycles. The summed E-state index contributed by atoms with van der Waals surface area (Å²) >= 11 is 0. The zero-order valence-corrected chi connectivity index (χ0v) is 21.3. The number of H-pyrrole nitrogens is 1. The first-order valence-electron chi connectivity index (χ1n) is 9.74. The van der Waals surface area contributed by atoms with Gasteiger partial charge in [-0.3, -0.25) is 18.9 Å². The van der Waals surface area contributed by atoms with Crippen molar-refractivity contribution < 1.29 is 60.6 Å². The summed E-state index contributed by atoms with van der Waals surface area (Å²) < 4.78 is 67.7. The molecule has 0 saturated carbocycles. The van der Waals surface area contributed by atoms with Crippen LogP contribution in [0.3, 0.4) is 0 Å². The Labute approximate surface area is 205 Å². The summed E-state index contributed by atoms with van der Waals surface area (Å²) in [6.07, 6.45) is -6.06. The molecule has 3 rings (SSSR count). The Bertz CT molecular complexity index is 1480. The van der Waals surface area contributed by atoms with Gasteiger partial charge in [0.1, 0.15) is 17.6 Å². The molecular formula is C15H21FN5O13P3. The van der Waals surface area contributed by atoms with E-state index in [0.29, 0.717) is 0 Å². The lowest BCUT2D eigenvalue weighted by Gasteiger charge is -2.28. The number of aromatic amines is 1. The van der Waals surface area contributed by atoms with Crippen molar-refractivity contribution in [3.8, 4) is 11.8 Å². The molecule has 18 nitrogen and oxygen atoms in total. The Balaban J connectivity index is 1.96. The minimum atomic E-state index is -5.82. The van der Waals surface area contributed by atoms with E-state index < -0.39 is 76.3 Å². The smallest absolute Gasteiger partial charge is 0.387 e. The Morgan fingerprint density at radius 1 is 1.27 bits per heavy atom. The molecule has 0 amide bonds. The van der Waals surface area contributed by atoms with E-state index in [4.69, 9.17) is 30.5 Å². The maximum Gasteiger partial charge on any atom is 0.490 e. The molecule has 1 saturated heterocycles. The van der Waals surface area contributed by atoms with Gasteiger partial charge < -0.3 is 40.9 Å². The number of nitrogen functional groups attached to an aromatic ring is 1.